The summed E-state index contributed by atoms with van der Waals surface area (Å²) in [5, 5.41) is 20.7. The molecular weight excluding hydrogens is 540 g/mol. The van der Waals surface area contributed by atoms with E-state index in [9.17, 15) is 29.4 Å². The van der Waals surface area contributed by atoms with Crippen LogP contribution in [-0.4, -0.2) is 27.9 Å². The lowest BCUT2D eigenvalue weighted by atomic mass is 9.34. The molecule has 224 valence electrons. The van der Waals surface area contributed by atoms with E-state index in [0.717, 1.165) is 11.1 Å². The number of esters is 1. The van der Waals surface area contributed by atoms with Crippen molar-refractivity contribution >= 4 is 17.7 Å². The second-order valence-electron chi connectivity index (χ2n) is 14.1. The Morgan fingerprint density at radius 2 is 1.64 bits per heavy atom. The number of aliphatic carboxylic acids is 1. The van der Waals surface area contributed by atoms with Crippen LogP contribution in [0.3, 0.4) is 0 Å². The fourth-order valence-electron chi connectivity index (χ4n) is 9.28. The van der Waals surface area contributed by atoms with E-state index in [2.05, 4.69) is 26.8 Å². The molecule has 3 saturated carbocycles. The molecule has 0 saturated heterocycles. The summed E-state index contributed by atoms with van der Waals surface area (Å²) < 4.78 is 15.7. The van der Waals surface area contributed by atoms with Crippen LogP contribution in [0.4, 0.5) is 0 Å². The third kappa shape index (κ3) is 3.48. The molecule has 5 aliphatic carbocycles. The van der Waals surface area contributed by atoms with Crippen LogP contribution in [0.15, 0.2) is 59.9 Å². The quantitative estimate of drug-likeness (QED) is 0.404. The number of fused-ring (bicyclic) bond motifs is 7. The van der Waals surface area contributed by atoms with Crippen LogP contribution in [0.5, 0.6) is 5.95 Å². The van der Waals surface area contributed by atoms with Crippen molar-refractivity contribution in [3.8, 4) is 5.95 Å². The van der Waals surface area contributed by atoms with Crippen LogP contribution in [0.25, 0.3) is 0 Å². The topological polar surface area (TPSA) is 144 Å². The van der Waals surface area contributed by atoms with Gasteiger partial charge in [-0.15, -0.1) is 0 Å². The van der Waals surface area contributed by atoms with Crippen LogP contribution in [0, 0.1) is 39.9 Å². The van der Waals surface area contributed by atoms with Crippen molar-refractivity contribution in [2.24, 2.45) is 33.0 Å². The fourth-order valence-corrected chi connectivity index (χ4v) is 9.28. The zero-order valence-electron chi connectivity index (χ0n) is 25.0. The summed E-state index contributed by atoms with van der Waals surface area (Å²) in [5.41, 5.74) is 0.157. The number of carboxylic acid groups (broad SMARTS) is 1. The van der Waals surface area contributed by atoms with Crippen molar-refractivity contribution in [2.75, 3.05) is 0 Å². The van der Waals surface area contributed by atoms with Crippen molar-refractivity contribution in [3.05, 3.63) is 62.7 Å². The van der Waals surface area contributed by atoms with Gasteiger partial charge in [-0.05, 0) is 92.8 Å². The molecule has 9 heteroatoms. The minimum absolute atomic E-state index is 0.0772. The van der Waals surface area contributed by atoms with Gasteiger partial charge < -0.3 is 23.8 Å². The van der Waals surface area contributed by atoms with Gasteiger partial charge in [0.25, 0.3) is 0 Å². The van der Waals surface area contributed by atoms with Crippen LogP contribution >= 0.6 is 0 Å². The SMILES string of the molecule is CC1=C(O)C(=O)C=C2C1=CC=C1[C@@]2(C)CC[C@@]2(C)[C@@H]3C[C@](C)(C(=O)O)CC[C@]3(C(=O)Oc3oc(=O)oc3C)CC[C@]12C. The number of ether oxygens (including phenoxy) is 1. The monoisotopic (exact) mass is 578 g/mol. The highest BCUT2D eigenvalue weighted by atomic mass is 16.7. The number of hydrogen-bond donors (Lipinski definition) is 2. The maximum absolute atomic E-state index is 14.2. The Balaban J connectivity index is 1.48. The molecule has 1 aromatic heterocycles. The van der Waals surface area contributed by atoms with E-state index >= 15 is 0 Å². The van der Waals surface area contributed by atoms with Gasteiger partial charge in [-0.2, -0.15) is 0 Å². The van der Waals surface area contributed by atoms with Crippen molar-refractivity contribution in [1.82, 2.24) is 0 Å². The molecule has 2 N–H and O–H groups in total. The van der Waals surface area contributed by atoms with E-state index in [1.54, 1.807) is 19.9 Å². The lowest BCUT2D eigenvalue weighted by molar-refractivity contribution is -0.198. The number of hydrogen-bond acceptors (Lipinski definition) is 8. The Labute approximate surface area is 244 Å². The Kier molecular flexibility index (Phi) is 5.91. The maximum Gasteiger partial charge on any atom is 0.521 e. The van der Waals surface area contributed by atoms with Gasteiger partial charge in [0.15, 0.2) is 11.5 Å². The van der Waals surface area contributed by atoms with E-state index < -0.39 is 50.6 Å². The Bertz CT molecular complexity index is 1630. The molecule has 0 aromatic carbocycles. The highest BCUT2D eigenvalue weighted by Crippen LogP contribution is 2.75. The zero-order valence-corrected chi connectivity index (χ0v) is 25.0. The molecule has 6 rings (SSSR count). The zero-order chi connectivity index (χ0) is 30.6. The molecule has 0 bridgehead atoms. The first kappa shape index (κ1) is 28.5. The summed E-state index contributed by atoms with van der Waals surface area (Å²) in [4.78, 5) is 51.1. The normalized spacial score (nSPS) is 39.1. The summed E-state index contributed by atoms with van der Waals surface area (Å²) in [6, 6.07) is 0. The molecule has 3 fully saturated rings. The van der Waals surface area contributed by atoms with E-state index in [-0.39, 0.29) is 23.4 Å². The minimum atomic E-state index is -1.01. The van der Waals surface area contributed by atoms with Gasteiger partial charge in [-0.3, -0.25) is 14.4 Å². The molecule has 1 aromatic rings. The molecule has 1 heterocycles. The lowest BCUT2D eigenvalue weighted by Gasteiger charge is -2.69. The third-order valence-electron chi connectivity index (χ3n) is 12.3. The molecule has 9 nitrogen and oxygen atoms in total. The smallest absolute Gasteiger partial charge is 0.504 e. The number of ketones is 1. The summed E-state index contributed by atoms with van der Waals surface area (Å²) in [5.74, 6) is -3.48. The Hall–Kier alpha value is -3.62. The van der Waals surface area contributed by atoms with E-state index in [1.807, 2.05) is 6.08 Å². The molecule has 0 amide bonds. The standard InChI is InChI=1S/C33H38O9/c1-17-19-7-8-22-30(4,20(19)15-21(34)24(17)35)10-11-32(6)23-16-29(3,26(36)37)9-13-33(23,14-12-31(22,32)5)27(38)41-25-18(2)40-28(39)42-25/h7-8,15,23,35H,9-14,16H2,1-6H3,(H,36,37)/t23-,29+,30-,31+,32-,33-/m0/s1. The molecule has 5 aliphatic rings. The average Bonchev–Trinajstić information content (AvgIpc) is 3.25. The average molecular weight is 579 g/mol. The largest absolute Gasteiger partial charge is 0.521 e. The molecule has 6 atom stereocenters. The van der Waals surface area contributed by atoms with E-state index in [0.29, 0.717) is 50.5 Å². The molecule has 0 spiro atoms. The number of aryl methyl sites for hydroxylation is 1. The number of aliphatic hydroxyl groups is 1. The first-order chi connectivity index (χ1) is 19.5. The predicted octanol–water partition coefficient (Wildman–Crippen LogP) is 6.14. The van der Waals surface area contributed by atoms with Gasteiger partial charge in [-0.1, -0.05) is 38.5 Å². The second-order valence-corrected chi connectivity index (χ2v) is 14.1. The van der Waals surface area contributed by atoms with Gasteiger partial charge in [0.1, 0.15) is 0 Å². The highest BCUT2D eigenvalue weighted by molar-refractivity contribution is 6.06. The number of carboxylic acids is 1. The number of rotatable bonds is 3. The van der Waals surface area contributed by atoms with Gasteiger partial charge in [0, 0.05) is 17.9 Å². The number of allylic oxidation sites excluding steroid dienone is 7. The van der Waals surface area contributed by atoms with E-state index in [1.165, 1.54) is 12.5 Å². The van der Waals surface area contributed by atoms with Crippen LogP contribution in [0.1, 0.15) is 85.3 Å². The van der Waals surface area contributed by atoms with Crippen molar-refractivity contribution in [3.63, 3.8) is 0 Å². The van der Waals surface area contributed by atoms with Crippen molar-refractivity contribution < 1.29 is 38.2 Å². The molecule has 0 unspecified atom stereocenters. The summed E-state index contributed by atoms with van der Waals surface area (Å²) in [7, 11) is 0. The van der Waals surface area contributed by atoms with Gasteiger partial charge >= 0.3 is 23.7 Å². The van der Waals surface area contributed by atoms with Gasteiger partial charge in [0.05, 0.1) is 10.8 Å². The molecular formula is C33H38O9. The lowest BCUT2D eigenvalue weighted by Crippen LogP contribution is -2.65. The van der Waals surface area contributed by atoms with Gasteiger partial charge in [-0.25, -0.2) is 4.79 Å². The summed E-state index contributed by atoms with van der Waals surface area (Å²) >= 11 is 0. The molecule has 42 heavy (non-hydrogen) atoms. The molecule has 0 radical (unpaired) electrons. The van der Waals surface area contributed by atoms with Gasteiger partial charge in [0.2, 0.25) is 5.78 Å². The maximum atomic E-state index is 14.2. The predicted molar refractivity (Wildman–Crippen MR) is 151 cm³/mol. The number of carbonyl (C=O) groups excluding carboxylic acids is 2. The van der Waals surface area contributed by atoms with E-state index in [4.69, 9.17) is 13.6 Å². The first-order valence-corrected chi connectivity index (χ1v) is 14.7. The Morgan fingerprint density at radius 1 is 0.952 bits per heavy atom. The van der Waals surface area contributed by atoms with Crippen LogP contribution in [-0.2, 0) is 14.4 Å². The van der Waals surface area contributed by atoms with Crippen molar-refractivity contribution in [1.29, 1.82) is 0 Å². The fraction of sp³-hybridized carbons (Fsp3) is 0.576. The second kappa shape index (κ2) is 8.71. The molecule has 0 aliphatic heterocycles. The summed E-state index contributed by atoms with van der Waals surface area (Å²) in [6.07, 6.45) is 9.17. The number of aliphatic hydroxyl groups excluding tert-OH is 1. The van der Waals surface area contributed by atoms with Crippen molar-refractivity contribution in [2.45, 2.75) is 86.5 Å². The Morgan fingerprint density at radius 3 is 2.29 bits per heavy atom. The first-order valence-electron chi connectivity index (χ1n) is 14.7. The van der Waals surface area contributed by atoms with Crippen LogP contribution < -0.4 is 10.6 Å². The third-order valence-corrected chi connectivity index (χ3v) is 12.3. The summed E-state index contributed by atoms with van der Waals surface area (Å²) in [6.45, 7) is 11.6. The highest BCUT2D eigenvalue weighted by Gasteiger charge is 2.70. The minimum Gasteiger partial charge on any atom is -0.504 e. The number of carbonyl (C=O) groups is 3. The van der Waals surface area contributed by atoms with Crippen LogP contribution in [0.2, 0.25) is 0 Å².